The number of nitrogens with one attached hydrogen (secondary N) is 1. The molecule has 0 saturated carbocycles. The molecule has 0 aromatic heterocycles. The van der Waals surface area contributed by atoms with Gasteiger partial charge in [-0.1, -0.05) is 48.0 Å². The van der Waals surface area contributed by atoms with Crippen LogP contribution in [0.15, 0.2) is 60.3 Å². The van der Waals surface area contributed by atoms with Crippen molar-refractivity contribution < 1.29 is 19.1 Å². The van der Waals surface area contributed by atoms with Crippen LogP contribution in [-0.2, 0) is 14.3 Å². The van der Waals surface area contributed by atoms with Gasteiger partial charge in [0.15, 0.2) is 0 Å². The SMILES string of the molecule is CC(=O)NC(=Cc1ccccc1)C(=O)OCCOc1cccc(Cl)c1. The lowest BCUT2D eigenvalue weighted by Gasteiger charge is -2.10. The minimum atomic E-state index is -0.631. The van der Waals surface area contributed by atoms with Crippen molar-refractivity contribution in [1.82, 2.24) is 5.32 Å². The van der Waals surface area contributed by atoms with Crippen LogP contribution in [0.5, 0.6) is 5.75 Å². The van der Waals surface area contributed by atoms with Gasteiger partial charge < -0.3 is 14.8 Å². The maximum atomic E-state index is 12.2. The molecule has 2 rings (SSSR count). The van der Waals surface area contributed by atoms with Crippen LogP contribution < -0.4 is 10.1 Å². The van der Waals surface area contributed by atoms with E-state index in [-0.39, 0.29) is 24.8 Å². The lowest BCUT2D eigenvalue weighted by molar-refractivity contribution is -0.141. The number of esters is 1. The van der Waals surface area contributed by atoms with Gasteiger partial charge in [-0.05, 0) is 29.8 Å². The molecule has 0 unspecified atom stereocenters. The second-order valence-corrected chi connectivity index (χ2v) is 5.53. The summed E-state index contributed by atoms with van der Waals surface area (Å²) in [6.07, 6.45) is 1.56. The quantitative estimate of drug-likeness (QED) is 0.467. The van der Waals surface area contributed by atoms with Crippen molar-refractivity contribution in [2.24, 2.45) is 0 Å². The van der Waals surface area contributed by atoms with Crippen molar-refractivity contribution in [3.63, 3.8) is 0 Å². The summed E-state index contributed by atoms with van der Waals surface area (Å²) in [7, 11) is 0. The van der Waals surface area contributed by atoms with Gasteiger partial charge in [0, 0.05) is 11.9 Å². The number of carbonyl (C=O) groups excluding carboxylic acids is 2. The van der Waals surface area contributed by atoms with Gasteiger partial charge in [0.1, 0.15) is 24.7 Å². The number of rotatable bonds is 7. The number of amides is 1. The molecule has 0 fully saturated rings. The highest BCUT2D eigenvalue weighted by atomic mass is 35.5. The normalized spacial score (nSPS) is 10.9. The van der Waals surface area contributed by atoms with E-state index in [1.807, 2.05) is 30.3 Å². The zero-order chi connectivity index (χ0) is 18.1. The first-order valence-corrected chi connectivity index (χ1v) is 8.02. The van der Waals surface area contributed by atoms with E-state index in [1.54, 1.807) is 30.3 Å². The summed E-state index contributed by atoms with van der Waals surface area (Å²) < 4.78 is 10.6. The summed E-state index contributed by atoms with van der Waals surface area (Å²) >= 11 is 5.86. The first-order valence-electron chi connectivity index (χ1n) is 7.64. The molecule has 0 bridgehead atoms. The molecule has 0 heterocycles. The molecule has 1 N–H and O–H groups in total. The predicted octanol–water partition coefficient (Wildman–Crippen LogP) is 3.44. The number of hydrogen-bond acceptors (Lipinski definition) is 4. The van der Waals surface area contributed by atoms with Gasteiger partial charge in [0.05, 0.1) is 0 Å². The van der Waals surface area contributed by atoms with Crippen molar-refractivity contribution >= 4 is 29.6 Å². The first kappa shape index (κ1) is 18.5. The minimum Gasteiger partial charge on any atom is -0.490 e. The molecule has 6 heteroatoms. The highest BCUT2D eigenvalue weighted by Crippen LogP contribution is 2.16. The minimum absolute atomic E-state index is 0.0388. The van der Waals surface area contributed by atoms with Gasteiger partial charge >= 0.3 is 5.97 Å². The fourth-order valence-electron chi connectivity index (χ4n) is 1.98. The van der Waals surface area contributed by atoms with Crippen molar-refractivity contribution in [1.29, 1.82) is 0 Å². The third-order valence-corrected chi connectivity index (χ3v) is 3.26. The fraction of sp³-hybridized carbons (Fsp3) is 0.158. The van der Waals surface area contributed by atoms with E-state index in [4.69, 9.17) is 21.1 Å². The molecule has 5 nitrogen and oxygen atoms in total. The van der Waals surface area contributed by atoms with Crippen LogP contribution in [0.3, 0.4) is 0 Å². The molecule has 25 heavy (non-hydrogen) atoms. The van der Waals surface area contributed by atoms with E-state index < -0.39 is 5.97 Å². The second-order valence-electron chi connectivity index (χ2n) is 5.09. The Bertz CT molecular complexity index is 759. The van der Waals surface area contributed by atoms with E-state index in [0.29, 0.717) is 10.8 Å². The molecule has 0 aliphatic carbocycles. The van der Waals surface area contributed by atoms with Crippen LogP contribution in [0, 0.1) is 0 Å². The summed E-state index contributed by atoms with van der Waals surface area (Å²) in [5.74, 6) is -0.395. The zero-order valence-corrected chi connectivity index (χ0v) is 14.5. The van der Waals surface area contributed by atoms with Crippen molar-refractivity contribution in [2.45, 2.75) is 6.92 Å². The van der Waals surface area contributed by atoms with E-state index in [9.17, 15) is 9.59 Å². The Morgan fingerprint density at radius 3 is 2.52 bits per heavy atom. The molecular weight excluding hydrogens is 342 g/mol. The first-order chi connectivity index (χ1) is 12.0. The van der Waals surface area contributed by atoms with Gasteiger partial charge in [-0.25, -0.2) is 4.79 Å². The Morgan fingerprint density at radius 2 is 1.84 bits per heavy atom. The van der Waals surface area contributed by atoms with Crippen LogP contribution in [0.25, 0.3) is 6.08 Å². The maximum Gasteiger partial charge on any atom is 0.354 e. The van der Waals surface area contributed by atoms with Crippen molar-refractivity contribution in [2.75, 3.05) is 13.2 Å². The van der Waals surface area contributed by atoms with Crippen molar-refractivity contribution in [3.05, 3.63) is 70.9 Å². The average Bonchev–Trinajstić information content (AvgIpc) is 2.58. The van der Waals surface area contributed by atoms with Gasteiger partial charge in [0.2, 0.25) is 5.91 Å². The highest BCUT2D eigenvalue weighted by Gasteiger charge is 2.13. The molecule has 130 valence electrons. The van der Waals surface area contributed by atoms with Gasteiger partial charge in [0.25, 0.3) is 0 Å². The van der Waals surface area contributed by atoms with Gasteiger partial charge in [-0.3, -0.25) is 4.79 Å². The monoisotopic (exact) mass is 359 g/mol. The standard InChI is InChI=1S/C19H18ClNO4/c1-14(22)21-18(12-15-6-3-2-4-7-15)19(23)25-11-10-24-17-9-5-8-16(20)13-17/h2-9,12-13H,10-11H2,1H3,(H,21,22). The third kappa shape index (κ3) is 6.69. The number of benzene rings is 2. The van der Waals surface area contributed by atoms with Crippen LogP contribution in [0.1, 0.15) is 12.5 Å². The number of carbonyl (C=O) groups is 2. The summed E-state index contributed by atoms with van der Waals surface area (Å²) in [5.41, 5.74) is 0.847. The number of hydrogen-bond donors (Lipinski definition) is 1. The van der Waals surface area contributed by atoms with E-state index >= 15 is 0 Å². The summed E-state index contributed by atoms with van der Waals surface area (Å²) in [6.45, 7) is 1.54. The Balaban J connectivity index is 1.91. The van der Waals surface area contributed by atoms with E-state index in [2.05, 4.69) is 5.32 Å². The molecule has 0 spiro atoms. The number of ether oxygens (including phenoxy) is 2. The Kier molecular flexibility index (Phi) is 7.04. The van der Waals surface area contributed by atoms with Crippen molar-refractivity contribution in [3.8, 4) is 5.75 Å². The topological polar surface area (TPSA) is 64.6 Å². The van der Waals surface area contributed by atoms with Gasteiger partial charge in [-0.2, -0.15) is 0 Å². The van der Waals surface area contributed by atoms with Crippen LogP contribution in [-0.4, -0.2) is 25.1 Å². The molecule has 0 saturated heterocycles. The molecule has 0 radical (unpaired) electrons. The molecule has 0 atom stereocenters. The summed E-state index contributed by atoms with van der Waals surface area (Å²) in [5, 5.41) is 3.05. The molecule has 0 aliphatic heterocycles. The summed E-state index contributed by atoms with van der Waals surface area (Å²) in [4.78, 5) is 23.5. The second kappa shape index (κ2) is 9.49. The maximum absolute atomic E-state index is 12.2. The molecule has 1 amide bonds. The highest BCUT2D eigenvalue weighted by molar-refractivity contribution is 6.30. The van der Waals surface area contributed by atoms with Crippen LogP contribution in [0.4, 0.5) is 0 Å². The van der Waals surface area contributed by atoms with Crippen LogP contribution >= 0.6 is 11.6 Å². The predicted molar refractivity (Wildman–Crippen MR) is 96.1 cm³/mol. The van der Waals surface area contributed by atoms with E-state index in [1.165, 1.54) is 6.92 Å². The molecule has 2 aromatic carbocycles. The smallest absolute Gasteiger partial charge is 0.354 e. The van der Waals surface area contributed by atoms with Crippen LogP contribution in [0.2, 0.25) is 5.02 Å². The van der Waals surface area contributed by atoms with Gasteiger partial charge in [-0.15, -0.1) is 0 Å². The Labute approximate surface area is 151 Å². The lowest BCUT2D eigenvalue weighted by atomic mass is 10.2. The molecule has 0 aliphatic rings. The summed E-state index contributed by atoms with van der Waals surface area (Å²) in [6, 6.07) is 16.1. The largest absolute Gasteiger partial charge is 0.490 e. The van der Waals surface area contributed by atoms with E-state index in [0.717, 1.165) is 5.56 Å². The number of halogens is 1. The Hall–Kier alpha value is -2.79. The molecular formula is C19H18ClNO4. The lowest BCUT2D eigenvalue weighted by Crippen LogP contribution is -2.27. The average molecular weight is 360 g/mol. The Morgan fingerprint density at radius 1 is 1.08 bits per heavy atom. The molecule has 2 aromatic rings. The third-order valence-electron chi connectivity index (χ3n) is 3.02. The fourth-order valence-corrected chi connectivity index (χ4v) is 2.16. The zero-order valence-electron chi connectivity index (χ0n) is 13.7.